The van der Waals surface area contributed by atoms with Gasteiger partial charge in [0.15, 0.2) is 12.0 Å². The highest BCUT2D eigenvalue weighted by molar-refractivity contribution is 5.75. The first-order valence-corrected chi connectivity index (χ1v) is 7.46. The Morgan fingerprint density at radius 1 is 1.09 bits per heavy atom. The fourth-order valence-corrected chi connectivity index (χ4v) is 3.05. The average molecular weight is 327 g/mol. The molecule has 0 bridgehead atoms. The molecule has 23 heavy (non-hydrogen) atoms. The van der Waals surface area contributed by atoms with Gasteiger partial charge >= 0.3 is 17.9 Å². The molecule has 128 valence electrons. The first-order chi connectivity index (χ1) is 10.8. The maximum Gasteiger partial charge on any atom is 0.303 e. The molecular formula is C15H21NO7. The summed E-state index contributed by atoms with van der Waals surface area (Å²) in [6.45, 7) is 5.62. The van der Waals surface area contributed by atoms with Gasteiger partial charge in [0.1, 0.15) is 18.2 Å². The molecule has 0 saturated heterocycles. The molecule has 0 aromatic heterocycles. The van der Waals surface area contributed by atoms with E-state index < -0.39 is 36.2 Å². The highest BCUT2D eigenvalue weighted by Gasteiger charge is 2.52. The Labute approximate surface area is 134 Å². The van der Waals surface area contributed by atoms with Crippen LogP contribution in [0.4, 0.5) is 0 Å². The van der Waals surface area contributed by atoms with E-state index in [0.717, 1.165) is 0 Å². The second kappa shape index (κ2) is 6.97. The molecule has 1 aliphatic heterocycles. The van der Waals surface area contributed by atoms with Crippen molar-refractivity contribution < 1.29 is 33.3 Å². The largest absolute Gasteiger partial charge is 0.476 e. The molecule has 2 rings (SSSR count). The van der Waals surface area contributed by atoms with Crippen LogP contribution in [0.2, 0.25) is 0 Å². The Balaban J connectivity index is 2.26. The van der Waals surface area contributed by atoms with Crippen LogP contribution in [-0.4, -0.2) is 54.8 Å². The van der Waals surface area contributed by atoms with Crippen LogP contribution in [0, 0.1) is 5.92 Å². The third-order valence-corrected chi connectivity index (χ3v) is 3.80. The van der Waals surface area contributed by atoms with Crippen LogP contribution in [0.25, 0.3) is 0 Å². The lowest BCUT2D eigenvalue weighted by Crippen LogP contribution is -2.56. The second-order valence-electron chi connectivity index (χ2n) is 5.74. The first-order valence-electron chi connectivity index (χ1n) is 7.46. The lowest BCUT2D eigenvalue weighted by Gasteiger charge is -2.40. The van der Waals surface area contributed by atoms with Gasteiger partial charge in [-0.2, -0.15) is 0 Å². The molecule has 0 aromatic carbocycles. The number of hydrogen-bond acceptors (Lipinski definition) is 8. The van der Waals surface area contributed by atoms with Crippen LogP contribution in [0.3, 0.4) is 0 Å². The molecule has 1 saturated carbocycles. The molecular weight excluding hydrogens is 306 g/mol. The number of rotatable bonds is 4. The van der Waals surface area contributed by atoms with E-state index in [9.17, 15) is 14.4 Å². The monoisotopic (exact) mass is 327 g/mol. The van der Waals surface area contributed by atoms with Gasteiger partial charge in [0.25, 0.3) is 0 Å². The zero-order valence-corrected chi connectivity index (χ0v) is 13.6. The minimum absolute atomic E-state index is 0.0523. The molecule has 4 unspecified atom stereocenters. The van der Waals surface area contributed by atoms with Gasteiger partial charge in [0, 0.05) is 33.6 Å². The molecule has 8 nitrogen and oxygen atoms in total. The number of ether oxygens (including phenoxy) is 4. The standard InChI is InChI=1S/C15H21NO7/c1-7-16-13-12(21-7)5-11(6-20-8(2)17)14(22-9(3)18)15(13)23-10(4)19/h11-15H,5-6H2,1-4H3/t11?,12-,13?,14?,15?/m1/s1. The number of carbonyl (C=O) groups excluding carboxylic acids is 3. The van der Waals surface area contributed by atoms with E-state index in [1.54, 1.807) is 6.92 Å². The summed E-state index contributed by atoms with van der Waals surface area (Å²) in [5.41, 5.74) is 0. The van der Waals surface area contributed by atoms with Gasteiger partial charge in [-0.05, 0) is 6.42 Å². The Hall–Kier alpha value is -2.12. The van der Waals surface area contributed by atoms with Crippen LogP contribution < -0.4 is 0 Å². The van der Waals surface area contributed by atoms with Crippen LogP contribution >= 0.6 is 0 Å². The summed E-state index contributed by atoms with van der Waals surface area (Å²) in [5.74, 6) is -1.28. The Morgan fingerprint density at radius 3 is 2.26 bits per heavy atom. The van der Waals surface area contributed by atoms with Crippen LogP contribution in [0.1, 0.15) is 34.1 Å². The lowest BCUT2D eigenvalue weighted by molar-refractivity contribution is -0.184. The summed E-state index contributed by atoms with van der Waals surface area (Å²) in [4.78, 5) is 38.3. The third-order valence-electron chi connectivity index (χ3n) is 3.80. The fraction of sp³-hybridized carbons (Fsp3) is 0.733. The minimum atomic E-state index is -0.770. The summed E-state index contributed by atoms with van der Waals surface area (Å²) < 4.78 is 21.4. The number of fused-ring (bicyclic) bond motifs is 1. The molecule has 1 fully saturated rings. The number of esters is 3. The van der Waals surface area contributed by atoms with Crippen molar-refractivity contribution in [2.24, 2.45) is 10.9 Å². The van der Waals surface area contributed by atoms with Crippen molar-refractivity contribution in [2.75, 3.05) is 6.61 Å². The zero-order valence-electron chi connectivity index (χ0n) is 13.6. The van der Waals surface area contributed by atoms with Crippen molar-refractivity contribution in [2.45, 2.75) is 58.5 Å². The van der Waals surface area contributed by atoms with Gasteiger partial charge in [0.05, 0.1) is 6.61 Å². The van der Waals surface area contributed by atoms with E-state index in [2.05, 4.69) is 4.99 Å². The number of hydrogen-bond donors (Lipinski definition) is 0. The number of aliphatic imine (C=N–C) groups is 1. The molecule has 5 atom stereocenters. The van der Waals surface area contributed by atoms with E-state index in [4.69, 9.17) is 18.9 Å². The van der Waals surface area contributed by atoms with Gasteiger partial charge < -0.3 is 18.9 Å². The Morgan fingerprint density at radius 2 is 1.70 bits per heavy atom. The molecule has 1 heterocycles. The summed E-state index contributed by atoms with van der Waals surface area (Å²) in [6.07, 6.45) is -1.33. The van der Waals surface area contributed by atoms with E-state index in [1.807, 2.05) is 0 Å². The van der Waals surface area contributed by atoms with E-state index >= 15 is 0 Å². The quantitative estimate of drug-likeness (QED) is 0.551. The third kappa shape index (κ3) is 4.20. The van der Waals surface area contributed by atoms with Crippen molar-refractivity contribution in [3.05, 3.63) is 0 Å². The molecule has 0 spiro atoms. The van der Waals surface area contributed by atoms with Crippen LogP contribution in [0.5, 0.6) is 0 Å². The van der Waals surface area contributed by atoms with Gasteiger partial charge in [-0.25, -0.2) is 4.99 Å². The van der Waals surface area contributed by atoms with Gasteiger partial charge in [0.2, 0.25) is 0 Å². The molecule has 0 amide bonds. The normalized spacial score (nSPS) is 32.2. The first kappa shape index (κ1) is 17.2. The molecule has 1 aliphatic carbocycles. The van der Waals surface area contributed by atoms with E-state index in [0.29, 0.717) is 12.3 Å². The van der Waals surface area contributed by atoms with E-state index in [1.165, 1.54) is 20.8 Å². The van der Waals surface area contributed by atoms with Crippen molar-refractivity contribution in [3.8, 4) is 0 Å². The SMILES string of the molecule is CC(=O)OCC1C[C@H]2OC(C)=NC2C(OC(C)=O)C1OC(C)=O. The lowest BCUT2D eigenvalue weighted by atomic mass is 9.80. The van der Waals surface area contributed by atoms with Crippen LogP contribution in [0.15, 0.2) is 4.99 Å². The van der Waals surface area contributed by atoms with Crippen molar-refractivity contribution in [1.82, 2.24) is 0 Å². The maximum atomic E-state index is 11.4. The summed E-state index contributed by atoms with van der Waals surface area (Å²) in [5, 5.41) is 0. The average Bonchev–Trinajstić information content (AvgIpc) is 2.78. The smallest absolute Gasteiger partial charge is 0.303 e. The van der Waals surface area contributed by atoms with Crippen molar-refractivity contribution in [3.63, 3.8) is 0 Å². The topological polar surface area (TPSA) is 100 Å². The maximum absolute atomic E-state index is 11.4. The van der Waals surface area contributed by atoms with Crippen molar-refractivity contribution >= 4 is 23.8 Å². The minimum Gasteiger partial charge on any atom is -0.476 e. The molecule has 0 radical (unpaired) electrons. The van der Waals surface area contributed by atoms with Crippen LogP contribution in [-0.2, 0) is 33.3 Å². The predicted octanol–water partition coefficient (Wildman–Crippen LogP) is 0.619. The Kier molecular flexibility index (Phi) is 5.23. The van der Waals surface area contributed by atoms with Gasteiger partial charge in [-0.3, -0.25) is 14.4 Å². The van der Waals surface area contributed by atoms with E-state index in [-0.39, 0.29) is 18.6 Å². The molecule has 2 aliphatic rings. The van der Waals surface area contributed by atoms with Gasteiger partial charge in [-0.1, -0.05) is 0 Å². The summed E-state index contributed by atoms with van der Waals surface area (Å²) in [7, 11) is 0. The second-order valence-corrected chi connectivity index (χ2v) is 5.74. The molecule has 8 heteroatoms. The summed E-state index contributed by atoms with van der Waals surface area (Å²) >= 11 is 0. The highest BCUT2D eigenvalue weighted by Crippen LogP contribution is 2.36. The molecule has 0 N–H and O–H groups in total. The molecule has 0 aromatic rings. The predicted molar refractivity (Wildman–Crippen MR) is 77.6 cm³/mol. The Bertz CT molecular complexity index is 530. The van der Waals surface area contributed by atoms with Crippen molar-refractivity contribution in [1.29, 1.82) is 0 Å². The fourth-order valence-electron chi connectivity index (χ4n) is 3.05. The number of nitrogens with zero attached hydrogens (tertiary/aromatic N) is 1. The van der Waals surface area contributed by atoms with Gasteiger partial charge in [-0.15, -0.1) is 0 Å². The summed E-state index contributed by atoms with van der Waals surface area (Å²) in [6, 6.07) is -0.433. The zero-order chi connectivity index (χ0) is 17.1. The number of carbonyl (C=O) groups is 3. The highest BCUT2D eigenvalue weighted by atomic mass is 16.6.